The molecule has 0 radical (unpaired) electrons. The molecule has 1 aromatic heterocycles. The highest BCUT2D eigenvalue weighted by Crippen LogP contribution is 2.24. The van der Waals surface area contributed by atoms with Crippen molar-refractivity contribution in [2.24, 2.45) is 7.05 Å². The molecule has 0 saturated carbocycles. The van der Waals surface area contributed by atoms with Gasteiger partial charge in [0.1, 0.15) is 28.7 Å². The van der Waals surface area contributed by atoms with Crippen molar-refractivity contribution in [1.29, 1.82) is 0 Å². The topological polar surface area (TPSA) is 81.3 Å². The van der Waals surface area contributed by atoms with Crippen molar-refractivity contribution in [1.82, 2.24) is 0 Å². The molecule has 0 amide bonds. The van der Waals surface area contributed by atoms with E-state index in [-0.39, 0.29) is 5.75 Å². The van der Waals surface area contributed by atoms with Gasteiger partial charge in [-0.15, -0.1) is 0 Å². The summed E-state index contributed by atoms with van der Waals surface area (Å²) in [6.45, 7) is 0. The number of rotatable bonds is 3. The van der Waals surface area contributed by atoms with Crippen LogP contribution in [-0.4, -0.2) is 18.1 Å². The molecule has 32 heavy (non-hydrogen) atoms. The smallest absolute Gasteiger partial charge is 0.212 e. The van der Waals surface area contributed by atoms with Crippen molar-refractivity contribution in [2.45, 2.75) is 4.90 Å². The van der Waals surface area contributed by atoms with Gasteiger partial charge in [-0.3, -0.25) is 0 Å². The predicted octanol–water partition coefficient (Wildman–Crippen LogP) is 4.92. The maximum absolute atomic E-state index is 12.2. The van der Waals surface area contributed by atoms with Crippen molar-refractivity contribution in [3.63, 3.8) is 0 Å². The zero-order chi connectivity index (χ0) is 23.3. The van der Waals surface area contributed by atoms with Crippen LogP contribution in [0.1, 0.15) is 11.3 Å². The van der Waals surface area contributed by atoms with Crippen LogP contribution in [0.2, 0.25) is 5.02 Å². The Balaban J connectivity index is 0.000000222. The van der Waals surface area contributed by atoms with E-state index in [1.54, 1.807) is 12.1 Å². The first-order valence-electron chi connectivity index (χ1n) is 9.41. The van der Waals surface area contributed by atoms with Crippen LogP contribution in [0, 0.1) is 5.82 Å². The molecule has 4 aromatic rings. The summed E-state index contributed by atoms with van der Waals surface area (Å²) in [7, 11) is -2.39. The first-order chi connectivity index (χ1) is 15.1. The van der Waals surface area contributed by atoms with Gasteiger partial charge in [0.2, 0.25) is 11.2 Å². The Labute approximate surface area is 190 Å². The molecule has 1 heterocycles. The number of para-hydroxylation sites is 1. The lowest BCUT2D eigenvalue weighted by atomic mass is 10.1. The molecule has 0 aliphatic rings. The largest absolute Gasteiger partial charge is 0.744 e. The van der Waals surface area contributed by atoms with E-state index in [1.807, 2.05) is 37.4 Å². The van der Waals surface area contributed by atoms with Crippen molar-refractivity contribution in [3.8, 4) is 5.75 Å². The fraction of sp³-hybridized carbons (Fsp3) is 0.0417. The summed E-state index contributed by atoms with van der Waals surface area (Å²) in [6, 6.07) is 21.3. The number of phenolic OH excluding ortho intramolecular Hbond substituents is 1. The van der Waals surface area contributed by atoms with E-state index >= 15 is 0 Å². The third-order valence-electron chi connectivity index (χ3n) is 4.64. The Morgan fingerprint density at radius 3 is 2.31 bits per heavy atom. The van der Waals surface area contributed by atoms with E-state index in [0.717, 1.165) is 35.5 Å². The van der Waals surface area contributed by atoms with Gasteiger partial charge < -0.3 is 9.66 Å². The van der Waals surface area contributed by atoms with Crippen molar-refractivity contribution >= 4 is 44.8 Å². The average Bonchev–Trinajstić information content (AvgIpc) is 2.76. The SMILES string of the molecule is C[n+]1c(C=Cc2ccc(O)c(Cl)c2)ccc2ccccc21.O=S(=O)([O-])c1ccc(F)cc1. The maximum atomic E-state index is 12.2. The highest BCUT2D eigenvalue weighted by molar-refractivity contribution is 7.85. The summed E-state index contributed by atoms with van der Waals surface area (Å²) < 4.78 is 45.1. The number of aromatic nitrogens is 1. The molecule has 0 bridgehead atoms. The van der Waals surface area contributed by atoms with Gasteiger partial charge in [0, 0.05) is 23.6 Å². The van der Waals surface area contributed by atoms with Crippen LogP contribution < -0.4 is 4.57 Å². The van der Waals surface area contributed by atoms with Gasteiger partial charge in [0.15, 0.2) is 0 Å². The molecule has 0 fully saturated rings. The molecule has 8 heteroatoms. The Bertz CT molecular complexity index is 1390. The Morgan fingerprint density at radius 1 is 0.969 bits per heavy atom. The molecule has 164 valence electrons. The summed E-state index contributed by atoms with van der Waals surface area (Å²) in [6.07, 6.45) is 4.02. The van der Waals surface area contributed by atoms with Crippen LogP contribution in [0.15, 0.2) is 83.8 Å². The number of aromatic hydroxyl groups is 1. The van der Waals surface area contributed by atoms with Gasteiger partial charge in [-0.25, -0.2) is 12.8 Å². The van der Waals surface area contributed by atoms with E-state index in [1.165, 1.54) is 10.9 Å². The molecule has 0 aliphatic heterocycles. The van der Waals surface area contributed by atoms with Gasteiger partial charge in [-0.2, -0.15) is 4.57 Å². The van der Waals surface area contributed by atoms with Crippen molar-refractivity contribution in [2.75, 3.05) is 0 Å². The molecule has 0 saturated heterocycles. The monoisotopic (exact) mass is 471 g/mol. The Morgan fingerprint density at radius 2 is 1.66 bits per heavy atom. The Kier molecular flexibility index (Phi) is 7.25. The van der Waals surface area contributed by atoms with Crippen LogP contribution in [-0.2, 0) is 17.2 Å². The number of hydrogen-bond donors (Lipinski definition) is 1. The summed E-state index contributed by atoms with van der Waals surface area (Å²) >= 11 is 5.92. The first-order valence-corrected chi connectivity index (χ1v) is 11.2. The number of nitrogens with zero attached hydrogens (tertiary/aromatic N) is 1. The number of benzene rings is 3. The highest BCUT2D eigenvalue weighted by Gasteiger charge is 2.08. The normalized spacial score (nSPS) is 11.4. The van der Waals surface area contributed by atoms with E-state index in [2.05, 4.69) is 28.8 Å². The molecular weight excluding hydrogens is 453 g/mol. The summed E-state index contributed by atoms with van der Waals surface area (Å²) in [5.41, 5.74) is 3.23. The maximum Gasteiger partial charge on any atom is 0.212 e. The quantitative estimate of drug-likeness (QED) is 0.339. The lowest BCUT2D eigenvalue weighted by molar-refractivity contribution is -0.646. The van der Waals surface area contributed by atoms with E-state index < -0.39 is 20.8 Å². The summed E-state index contributed by atoms with van der Waals surface area (Å²) in [4.78, 5) is -0.418. The first kappa shape index (κ1) is 23.4. The summed E-state index contributed by atoms with van der Waals surface area (Å²) in [5, 5.41) is 11.0. The lowest BCUT2D eigenvalue weighted by Crippen LogP contribution is -2.32. The molecule has 0 atom stereocenters. The number of phenols is 1. The fourth-order valence-corrected chi connectivity index (χ4v) is 3.60. The van der Waals surface area contributed by atoms with Crippen LogP contribution in [0.5, 0.6) is 5.75 Å². The molecule has 5 nitrogen and oxygen atoms in total. The van der Waals surface area contributed by atoms with Crippen molar-refractivity contribution < 1.29 is 27.0 Å². The Hall–Kier alpha value is -3.26. The lowest BCUT2D eigenvalue weighted by Gasteiger charge is -2.04. The second-order valence-electron chi connectivity index (χ2n) is 6.83. The minimum Gasteiger partial charge on any atom is -0.744 e. The minimum absolute atomic E-state index is 0.102. The van der Waals surface area contributed by atoms with Gasteiger partial charge >= 0.3 is 0 Å². The molecule has 0 aliphatic carbocycles. The summed E-state index contributed by atoms with van der Waals surface area (Å²) in [5.74, 6) is -0.470. The third kappa shape index (κ3) is 5.91. The van der Waals surface area contributed by atoms with Crippen LogP contribution >= 0.6 is 11.6 Å². The molecule has 4 rings (SSSR count). The van der Waals surface area contributed by atoms with Gasteiger partial charge in [-0.1, -0.05) is 29.8 Å². The second kappa shape index (κ2) is 9.91. The molecule has 3 aromatic carbocycles. The second-order valence-corrected chi connectivity index (χ2v) is 8.62. The predicted molar refractivity (Wildman–Crippen MR) is 122 cm³/mol. The van der Waals surface area contributed by atoms with Crippen LogP contribution in [0.25, 0.3) is 23.1 Å². The number of hydrogen-bond acceptors (Lipinski definition) is 4. The van der Waals surface area contributed by atoms with Gasteiger partial charge in [0.25, 0.3) is 0 Å². The minimum atomic E-state index is -4.44. The number of pyridine rings is 1. The average molecular weight is 472 g/mol. The molecule has 1 N–H and O–H groups in total. The van der Waals surface area contributed by atoms with Gasteiger partial charge in [-0.05, 0) is 60.2 Å². The zero-order valence-electron chi connectivity index (χ0n) is 16.9. The highest BCUT2D eigenvalue weighted by atomic mass is 35.5. The van der Waals surface area contributed by atoms with Crippen molar-refractivity contribution in [3.05, 3.63) is 101 Å². The van der Waals surface area contributed by atoms with Crippen LogP contribution in [0.4, 0.5) is 4.39 Å². The fourth-order valence-electron chi connectivity index (χ4n) is 2.94. The van der Waals surface area contributed by atoms with E-state index in [0.29, 0.717) is 5.02 Å². The standard InChI is InChI=1S/C18H14ClNO.C6H5FO3S/c1-20-15(10-8-14-4-2-3-5-17(14)20)9-6-13-7-11-18(21)16(19)12-13;7-5-1-3-6(4-2-5)11(8,9)10/h2-12H,1H3;1-4H,(H,8,9,10). The van der Waals surface area contributed by atoms with E-state index in [4.69, 9.17) is 11.6 Å². The molecule has 0 spiro atoms. The van der Waals surface area contributed by atoms with Crippen LogP contribution in [0.3, 0.4) is 0 Å². The molecular formula is C24H19ClFNO4S. The zero-order valence-corrected chi connectivity index (χ0v) is 18.5. The van der Waals surface area contributed by atoms with Gasteiger partial charge in [0.05, 0.1) is 9.92 Å². The molecule has 0 unspecified atom stereocenters. The number of fused-ring (bicyclic) bond motifs is 1. The number of aryl methyl sites for hydroxylation is 1. The third-order valence-corrected chi connectivity index (χ3v) is 5.79. The van der Waals surface area contributed by atoms with E-state index in [9.17, 15) is 22.5 Å². The number of halogens is 2.